The number of urea groups is 1. The lowest BCUT2D eigenvalue weighted by molar-refractivity contribution is 0.0494. The van der Waals surface area contributed by atoms with Crippen LogP contribution < -0.4 is 5.32 Å². The first-order chi connectivity index (χ1) is 13.1. The zero-order chi connectivity index (χ0) is 19.2. The number of nitrogens with zero attached hydrogens (tertiary/aromatic N) is 3. The van der Waals surface area contributed by atoms with E-state index in [1.165, 1.54) is 11.0 Å². The van der Waals surface area contributed by atoms with E-state index in [2.05, 4.69) is 15.5 Å². The minimum Gasteiger partial charge on any atom is -0.382 e. The van der Waals surface area contributed by atoms with E-state index in [-0.39, 0.29) is 18.3 Å². The summed E-state index contributed by atoms with van der Waals surface area (Å²) in [5.41, 5.74) is -0.0904. The van der Waals surface area contributed by atoms with Crippen LogP contribution in [-0.4, -0.2) is 47.9 Å². The van der Waals surface area contributed by atoms with Crippen LogP contribution in [-0.2, 0) is 16.1 Å². The molecule has 1 atom stereocenters. The average Bonchev–Trinajstić information content (AvgIpc) is 3.30. The van der Waals surface area contributed by atoms with Gasteiger partial charge in [0.15, 0.2) is 5.82 Å². The largest absolute Gasteiger partial charge is 0.382 e. The first kappa shape index (κ1) is 19.2. The first-order valence-electron chi connectivity index (χ1n) is 8.50. The molecule has 1 N–H and O–H groups in total. The smallest absolute Gasteiger partial charge is 0.322 e. The monoisotopic (exact) mass is 382 g/mol. The number of methoxy groups -OCH3 is 1. The number of carbonyl (C=O) groups excluding carboxylic acids is 1. The van der Waals surface area contributed by atoms with Crippen molar-refractivity contribution >= 4 is 11.7 Å². The van der Waals surface area contributed by atoms with Crippen LogP contribution in [0, 0.1) is 11.6 Å². The average molecular weight is 382 g/mol. The number of benzene rings is 1. The summed E-state index contributed by atoms with van der Waals surface area (Å²) >= 11 is 0. The third-order valence-electron chi connectivity index (χ3n) is 4.13. The lowest BCUT2D eigenvalue weighted by atomic mass is 10.2. The summed E-state index contributed by atoms with van der Waals surface area (Å²) < 4.78 is 42.1. The van der Waals surface area contributed by atoms with Gasteiger partial charge in [-0.05, 0) is 25.0 Å². The van der Waals surface area contributed by atoms with Crippen molar-refractivity contribution in [3.63, 3.8) is 0 Å². The summed E-state index contributed by atoms with van der Waals surface area (Å²) in [6.07, 6.45) is 1.40. The fraction of sp³-hybridized carbons (Fsp3) is 0.471. The molecule has 1 saturated heterocycles. The van der Waals surface area contributed by atoms with Gasteiger partial charge in [0.1, 0.15) is 18.2 Å². The number of ether oxygens (including phenoxy) is 2. The fourth-order valence-electron chi connectivity index (χ4n) is 2.82. The second kappa shape index (κ2) is 8.87. The molecule has 1 unspecified atom stereocenters. The Labute approximate surface area is 154 Å². The molecule has 0 radical (unpaired) electrons. The number of likely N-dealkylation sites (tertiary alicyclic amines) is 1. The highest BCUT2D eigenvalue weighted by atomic mass is 19.1. The maximum atomic E-state index is 13.8. The van der Waals surface area contributed by atoms with Gasteiger partial charge in [0.25, 0.3) is 5.89 Å². The van der Waals surface area contributed by atoms with Gasteiger partial charge >= 0.3 is 6.03 Å². The molecule has 1 aliphatic heterocycles. The molecular formula is C17H20F2N4O4. The van der Waals surface area contributed by atoms with Gasteiger partial charge in [0.2, 0.25) is 0 Å². The Morgan fingerprint density at radius 1 is 1.41 bits per heavy atom. The molecule has 2 heterocycles. The number of rotatable bonds is 7. The Morgan fingerprint density at radius 2 is 2.26 bits per heavy atom. The van der Waals surface area contributed by atoms with Crippen LogP contribution in [0.25, 0.3) is 0 Å². The molecule has 3 rings (SSSR count). The number of nitrogens with one attached hydrogen (secondary N) is 1. The Hall–Kier alpha value is -2.59. The fourth-order valence-corrected chi connectivity index (χ4v) is 2.82. The van der Waals surface area contributed by atoms with Gasteiger partial charge in [-0.2, -0.15) is 4.98 Å². The molecule has 146 valence electrons. The van der Waals surface area contributed by atoms with Crippen LogP contribution in [0.15, 0.2) is 22.7 Å². The molecule has 1 aliphatic rings. The summed E-state index contributed by atoms with van der Waals surface area (Å²) in [5.74, 6) is -0.878. The molecule has 0 saturated carbocycles. The van der Waals surface area contributed by atoms with E-state index in [0.29, 0.717) is 44.0 Å². The van der Waals surface area contributed by atoms with Gasteiger partial charge in [0, 0.05) is 19.7 Å². The van der Waals surface area contributed by atoms with E-state index in [1.54, 1.807) is 7.11 Å². The van der Waals surface area contributed by atoms with Crippen LogP contribution in [0.1, 0.15) is 30.6 Å². The van der Waals surface area contributed by atoms with Crippen molar-refractivity contribution in [1.82, 2.24) is 15.0 Å². The summed E-state index contributed by atoms with van der Waals surface area (Å²) in [6.45, 7) is 1.47. The lowest BCUT2D eigenvalue weighted by Crippen LogP contribution is -2.35. The third kappa shape index (κ3) is 4.77. The third-order valence-corrected chi connectivity index (χ3v) is 4.13. The molecule has 10 heteroatoms. The Kier molecular flexibility index (Phi) is 6.30. The van der Waals surface area contributed by atoms with Crippen LogP contribution in [0.3, 0.4) is 0 Å². The molecule has 1 aromatic carbocycles. The molecule has 2 amide bonds. The zero-order valence-corrected chi connectivity index (χ0v) is 14.8. The number of hydrogen-bond donors (Lipinski definition) is 1. The Morgan fingerprint density at radius 3 is 3.04 bits per heavy atom. The first-order valence-corrected chi connectivity index (χ1v) is 8.50. The minimum atomic E-state index is -0.839. The van der Waals surface area contributed by atoms with Crippen molar-refractivity contribution in [1.29, 1.82) is 0 Å². The number of carbonyl (C=O) groups is 1. The van der Waals surface area contributed by atoms with Crippen molar-refractivity contribution in [2.75, 3.05) is 32.2 Å². The number of hydrogen-bond acceptors (Lipinski definition) is 6. The highest BCUT2D eigenvalue weighted by Crippen LogP contribution is 2.31. The van der Waals surface area contributed by atoms with Crippen LogP contribution >= 0.6 is 0 Å². The van der Waals surface area contributed by atoms with E-state index in [0.717, 1.165) is 12.5 Å². The normalized spacial score (nSPS) is 16.7. The van der Waals surface area contributed by atoms with E-state index in [9.17, 15) is 13.6 Å². The van der Waals surface area contributed by atoms with Gasteiger partial charge in [-0.25, -0.2) is 13.6 Å². The van der Waals surface area contributed by atoms with Crippen LogP contribution in [0.5, 0.6) is 0 Å². The molecule has 0 bridgehead atoms. The predicted molar refractivity (Wildman–Crippen MR) is 89.9 cm³/mol. The van der Waals surface area contributed by atoms with Crippen molar-refractivity contribution in [2.24, 2.45) is 0 Å². The molecular weight excluding hydrogens is 362 g/mol. The van der Waals surface area contributed by atoms with Gasteiger partial charge < -0.3 is 24.2 Å². The topological polar surface area (TPSA) is 89.7 Å². The summed E-state index contributed by atoms with van der Waals surface area (Å²) in [4.78, 5) is 18.3. The molecule has 0 aliphatic carbocycles. The maximum absolute atomic E-state index is 13.8. The molecule has 8 nitrogen and oxygen atoms in total. The minimum absolute atomic E-state index is 0.0904. The zero-order valence-electron chi connectivity index (χ0n) is 14.8. The lowest BCUT2D eigenvalue weighted by Gasteiger charge is -2.22. The van der Waals surface area contributed by atoms with E-state index >= 15 is 0 Å². The highest BCUT2D eigenvalue weighted by molar-refractivity contribution is 5.89. The molecule has 2 aromatic rings. The van der Waals surface area contributed by atoms with E-state index in [4.69, 9.17) is 14.0 Å². The number of aromatic nitrogens is 2. The number of anilines is 1. The van der Waals surface area contributed by atoms with Crippen molar-refractivity contribution in [3.05, 3.63) is 41.5 Å². The molecule has 27 heavy (non-hydrogen) atoms. The standard InChI is InChI=1S/C17H20F2N4O4/c1-25-7-8-26-10-15-21-16(22-27-15)14-3-2-6-23(14)17(24)20-13-5-4-11(18)9-12(13)19/h4-5,9,14H,2-3,6-8,10H2,1H3,(H,20,24). The maximum Gasteiger partial charge on any atom is 0.322 e. The predicted octanol–water partition coefficient (Wildman–Crippen LogP) is 2.88. The second-order valence-electron chi connectivity index (χ2n) is 6.00. The van der Waals surface area contributed by atoms with Crippen molar-refractivity contribution < 1.29 is 27.6 Å². The summed E-state index contributed by atoms with van der Waals surface area (Å²) in [6, 6.07) is 2.08. The van der Waals surface area contributed by atoms with Crippen molar-refractivity contribution in [3.8, 4) is 0 Å². The van der Waals surface area contributed by atoms with E-state index in [1.807, 2.05) is 0 Å². The Bertz CT molecular complexity index is 786. The summed E-state index contributed by atoms with van der Waals surface area (Å²) in [7, 11) is 1.58. The SMILES string of the molecule is COCCOCc1nc(C2CCCN2C(=O)Nc2ccc(F)cc2F)no1. The highest BCUT2D eigenvalue weighted by Gasteiger charge is 2.33. The van der Waals surface area contributed by atoms with E-state index < -0.39 is 17.7 Å². The number of halogens is 2. The van der Waals surface area contributed by atoms with Crippen LogP contribution in [0.4, 0.5) is 19.3 Å². The molecule has 0 spiro atoms. The summed E-state index contributed by atoms with van der Waals surface area (Å²) in [5, 5.41) is 6.38. The molecule has 1 fully saturated rings. The van der Waals surface area contributed by atoms with Crippen LogP contribution in [0.2, 0.25) is 0 Å². The Balaban J connectivity index is 1.63. The second-order valence-corrected chi connectivity index (χ2v) is 6.00. The van der Waals surface area contributed by atoms with Gasteiger partial charge in [-0.1, -0.05) is 5.16 Å². The number of amides is 2. The van der Waals surface area contributed by atoms with Gasteiger partial charge in [-0.3, -0.25) is 0 Å². The molecule has 1 aromatic heterocycles. The van der Waals surface area contributed by atoms with Crippen molar-refractivity contribution in [2.45, 2.75) is 25.5 Å². The van der Waals surface area contributed by atoms with Gasteiger partial charge in [0.05, 0.1) is 24.9 Å². The quantitative estimate of drug-likeness (QED) is 0.741. The van der Waals surface area contributed by atoms with Gasteiger partial charge in [-0.15, -0.1) is 0 Å².